The van der Waals surface area contributed by atoms with Gasteiger partial charge in [0.05, 0.1) is 17.8 Å². The number of hydrogen-bond acceptors (Lipinski definition) is 7. The van der Waals surface area contributed by atoms with E-state index in [-0.39, 0.29) is 17.9 Å². The fraction of sp³-hybridized carbons (Fsp3) is 0.250. The van der Waals surface area contributed by atoms with Crippen molar-refractivity contribution in [3.63, 3.8) is 0 Å². The molecule has 2 heterocycles. The van der Waals surface area contributed by atoms with Gasteiger partial charge in [0, 0.05) is 22.0 Å². The SMILES string of the molecule is COC(=O)c1sc(-c2ccc(NC(=O)c3csc(C)n3)cc2)cc1NC(C)C. The number of rotatable bonds is 6. The van der Waals surface area contributed by atoms with E-state index in [1.807, 2.05) is 51.1 Å². The Hall–Kier alpha value is -2.71. The number of amides is 1. The Labute approximate surface area is 171 Å². The normalized spacial score (nSPS) is 10.8. The first kappa shape index (κ1) is 20.0. The van der Waals surface area contributed by atoms with E-state index >= 15 is 0 Å². The van der Waals surface area contributed by atoms with Crippen LogP contribution in [0, 0.1) is 6.92 Å². The second kappa shape index (κ2) is 8.53. The summed E-state index contributed by atoms with van der Waals surface area (Å²) >= 11 is 2.81. The standard InChI is InChI=1S/C20H21N3O3S2/c1-11(2)21-15-9-17(28-18(15)20(25)26-4)13-5-7-14(8-6-13)23-19(24)16-10-27-12(3)22-16/h5-11,21H,1-4H3,(H,23,24). The molecule has 1 aromatic carbocycles. The average molecular weight is 416 g/mol. The fourth-order valence-corrected chi connectivity index (χ4v) is 4.21. The zero-order chi connectivity index (χ0) is 20.3. The van der Waals surface area contributed by atoms with E-state index in [0.717, 1.165) is 21.1 Å². The summed E-state index contributed by atoms with van der Waals surface area (Å²) in [4.78, 5) is 30.0. The quantitative estimate of drug-likeness (QED) is 0.551. The van der Waals surface area contributed by atoms with Crippen molar-refractivity contribution in [2.24, 2.45) is 0 Å². The first-order valence-corrected chi connectivity index (χ1v) is 10.4. The lowest BCUT2D eigenvalue weighted by Gasteiger charge is -2.09. The zero-order valence-corrected chi connectivity index (χ0v) is 17.7. The molecule has 0 atom stereocenters. The van der Waals surface area contributed by atoms with Gasteiger partial charge >= 0.3 is 5.97 Å². The summed E-state index contributed by atoms with van der Waals surface area (Å²) in [6.45, 7) is 5.89. The average Bonchev–Trinajstić information content (AvgIpc) is 3.28. The Morgan fingerprint density at radius 1 is 1.18 bits per heavy atom. The zero-order valence-electron chi connectivity index (χ0n) is 16.0. The number of thiazole rings is 1. The highest BCUT2D eigenvalue weighted by molar-refractivity contribution is 7.18. The van der Waals surface area contributed by atoms with Gasteiger partial charge in [-0.05, 0) is 44.5 Å². The number of anilines is 2. The van der Waals surface area contributed by atoms with Crippen molar-refractivity contribution < 1.29 is 14.3 Å². The third-order valence-corrected chi connectivity index (χ3v) is 5.76. The first-order valence-electron chi connectivity index (χ1n) is 8.70. The van der Waals surface area contributed by atoms with Crippen molar-refractivity contribution in [2.45, 2.75) is 26.8 Å². The lowest BCUT2D eigenvalue weighted by atomic mass is 10.1. The van der Waals surface area contributed by atoms with Crippen LogP contribution in [0.2, 0.25) is 0 Å². The Morgan fingerprint density at radius 2 is 1.89 bits per heavy atom. The smallest absolute Gasteiger partial charge is 0.350 e. The molecule has 6 nitrogen and oxygen atoms in total. The highest BCUT2D eigenvalue weighted by atomic mass is 32.1. The van der Waals surface area contributed by atoms with Crippen LogP contribution >= 0.6 is 22.7 Å². The van der Waals surface area contributed by atoms with Gasteiger partial charge < -0.3 is 15.4 Å². The molecule has 0 unspecified atom stereocenters. The number of hydrogen-bond donors (Lipinski definition) is 2. The van der Waals surface area contributed by atoms with Crippen LogP contribution in [0.1, 0.15) is 39.0 Å². The number of thiophene rings is 1. The third-order valence-electron chi connectivity index (χ3n) is 3.83. The molecule has 0 saturated carbocycles. The highest BCUT2D eigenvalue weighted by Crippen LogP contribution is 2.36. The topological polar surface area (TPSA) is 80.3 Å². The van der Waals surface area contributed by atoms with Gasteiger partial charge in [-0.1, -0.05) is 12.1 Å². The maximum absolute atomic E-state index is 12.2. The highest BCUT2D eigenvalue weighted by Gasteiger charge is 2.18. The minimum absolute atomic E-state index is 0.192. The second-order valence-corrected chi connectivity index (χ2v) is 8.54. The number of nitrogens with zero attached hydrogens (tertiary/aromatic N) is 1. The molecule has 0 aliphatic carbocycles. The molecule has 3 rings (SSSR count). The van der Waals surface area contributed by atoms with Crippen LogP contribution in [-0.2, 0) is 4.74 Å². The molecule has 3 aromatic rings. The van der Waals surface area contributed by atoms with Gasteiger partial charge in [-0.3, -0.25) is 4.79 Å². The second-order valence-electron chi connectivity index (χ2n) is 6.43. The molecular formula is C20H21N3O3S2. The number of benzene rings is 1. The van der Waals surface area contributed by atoms with Crippen LogP contribution in [0.15, 0.2) is 35.7 Å². The predicted octanol–water partition coefficient (Wildman–Crippen LogP) is 5.04. The van der Waals surface area contributed by atoms with Gasteiger partial charge in [0.25, 0.3) is 5.91 Å². The number of nitrogens with one attached hydrogen (secondary N) is 2. The van der Waals surface area contributed by atoms with Crippen molar-refractivity contribution in [3.8, 4) is 10.4 Å². The minimum Gasteiger partial charge on any atom is -0.465 e. The maximum atomic E-state index is 12.2. The molecule has 146 valence electrons. The molecule has 0 saturated heterocycles. The van der Waals surface area contributed by atoms with E-state index in [1.165, 1.54) is 29.8 Å². The maximum Gasteiger partial charge on any atom is 0.350 e. The Morgan fingerprint density at radius 3 is 2.46 bits per heavy atom. The van der Waals surface area contributed by atoms with E-state index < -0.39 is 0 Å². The van der Waals surface area contributed by atoms with Gasteiger partial charge in [0.15, 0.2) is 0 Å². The van der Waals surface area contributed by atoms with Crippen molar-refractivity contribution in [1.82, 2.24) is 4.98 Å². The predicted molar refractivity (Wildman–Crippen MR) is 115 cm³/mol. The van der Waals surface area contributed by atoms with E-state index in [0.29, 0.717) is 16.3 Å². The largest absolute Gasteiger partial charge is 0.465 e. The number of carbonyl (C=O) groups excluding carboxylic acids is 2. The number of ether oxygens (including phenoxy) is 1. The van der Waals surface area contributed by atoms with Gasteiger partial charge in [0.1, 0.15) is 10.6 Å². The molecule has 0 fully saturated rings. The van der Waals surface area contributed by atoms with Crippen LogP contribution in [0.5, 0.6) is 0 Å². The summed E-state index contributed by atoms with van der Waals surface area (Å²) in [5.41, 5.74) is 2.81. The number of methoxy groups -OCH3 is 1. The van der Waals surface area contributed by atoms with Crippen LogP contribution in [-0.4, -0.2) is 30.0 Å². The molecule has 0 aliphatic rings. The number of aryl methyl sites for hydroxylation is 1. The molecule has 28 heavy (non-hydrogen) atoms. The molecular weight excluding hydrogens is 394 g/mol. The van der Waals surface area contributed by atoms with E-state index in [1.54, 1.807) is 5.38 Å². The van der Waals surface area contributed by atoms with Gasteiger partial charge in [0.2, 0.25) is 0 Å². The van der Waals surface area contributed by atoms with Gasteiger partial charge in [-0.25, -0.2) is 9.78 Å². The lowest BCUT2D eigenvalue weighted by molar-refractivity contribution is 0.0607. The van der Waals surface area contributed by atoms with Gasteiger partial charge in [-0.15, -0.1) is 22.7 Å². The fourth-order valence-electron chi connectivity index (χ4n) is 2.58. The molecule has 1 amide bonds. The van der Waals surface area contributed by atoms with Crippen molar-refractivity contribution in [2.75, 3.05) is 17.7 Å². The summed E-state index contributed by atoms with van der Waals surface area (Å²) in [6, 6.07) is 9.63. The van der Waals surface area contributed by atoms with Gasteiger partial charge in [-0.2, -0.15) is 0 Å². The Bertz CT molecular complexity index is 991. The van der Waals surface area contributed by atoms with Crippen molar-refractivity contribution in [3.05, 3.63) is 51.3 Å². The number of carbonyl (C=O) groups is 2. The van der Waals surface area contributed by atoms with E-state index in [4.69, 9.17) is 4.74 Å². The first-order chi connectivity index (χ1) is 13.4. The lowest BCUT2D eigenvalue weighted by Crippen LogP contribution is -2.12. The summed E-state index contributed by atoms with van der Waals surface area (Å²) < 4.78 is 4.89. The number of esters is 1. The number of aromatic nitrogens is 1. The minimum atomic E-state index is -0.359. The van der Waals surface area contributed by atoms with E-state index in [9.17, 15) is 9.59 Å². The monoisotopic (exact) mass is 415 g/mol. The Kier molecular flexibility index (Phi) is 6.11. The van der Waals surface area contributed by atoms with Crippen LogP contribution in [0.3, 0.4) is 0 Å². The third kappa shape index (κ3) is 4.58. The summed E-state index contributed by atoms with van der Waals surface area (Å²) in [5.74, 6) is -0.591. The van der Waals surface area contributed by atoms with Crippen molar-refractivity contribution >= 4 is 45.9 Å². The van der Waals surface area contributed by atoms with Crippen molar-refractivity contribution in [1.29, 1.82) is 0 Å². The Balaban J connectivity index is 1.80. The molecule has 0 bridgehead atoms. The van der Waals surface area contributed by atoms with E-state index in [2.05, 4.69) is 15.6 Å². The summed E-state index contributed by atoms with van der Waals surface area (Å²) in [7, 11) is 1.38. The molecule has 2 aromatic heterocycles. The molecule has 8 heteroatoms. The molecule has 0 aliphatic heterocycles. The van der Waals surface area contributed by atoms with Crippen LogP contribution < -0.4 is 10.6 Å². The summed E-state index contributed by atoms with van der Waals surface area (Å²) in [5, 5.41) is 8.72. The molecule has 2 N–H and O–H groups in total. The van der Waals surface area contributed by atoms with Crippen LogP contribution in [0.4, 0.5) is 11.4 Å². The molecule has 0 spiro atoms. The summed E-state index contributed by atoms with van der Waals surface area (Å²) in [6.07, 6.45) is 0. The molecule has 0 radical (unpaired) electrons. The van der Waals surface area contributed by atoms with Crippen LogP contribution in [0.25, 0.3) is 10.4 Å².